The maximum Gasteiger partial charge on any atom is 0.191 e. The average Bonchev–Trinajstić information content (AvgIpc) is 2.50. The van der Waals surface area contributed by atoms with E-state index in [1.807, 2.05) is 18.2 Å². The summed E-state index contributed by atoms with van der Waals surface area (Å²) >= 11 is 0. The predicted molar refractivity (Wildman–Crippen MR) is 84.0 cm³/mol. The fraction of sp³-hybridized carbons (Fsp3) is 0.611. The fourth-order valence-electron chi connectivity index (χ4n) is 2.40. The normalized spacial score (nSPS) is 12.3. The zero-order valence-corrected chi connectivity index (χ0v) is 12.7. The molecular weight excluding hydrogens is 248 g/mol. The minimum atomic E-state index is -0.836. The summed E-state index contributed by atoms with van der Waals surface area (Å²) in [6, 6.07) is 9.06. The van der Waals surface area contributed by atoms with E-state index in [4.69, 9.17) is 0 Å². The van der Waals surface area contributed by atoms with Crippen molar-refractivity contribution in [2.75, 3.05) is 0 Å². The van der Waals surface area contributed by atoms with E-state index in [-0.39, 0.29) is 5.78 Å². The predicted octanol–water partition coefficient (Wildman–Crippen LogP) is 4.76. The van der Waals surface area contributed by atoms with Gasteiger partial charge in [-0.15, -0.1) is 0 Å². The molecule has 0 saturated heterocycles. The van der Waals surface area contributed by atoms with Crippen molar-refractivity contribution in [3.63, 3.8) is 0 Å². The number of ketones is 1. The van der Waals surface area contributed by atoms with Crippen molar-refractivity contribution < 1.29 is 9.90 Å². The first-order valence-electron chi connectivity index (χ1n) is 8.03. The molecule has 0 spiro atoms. The summed E-state index contributed by atoms with van der Waals surface area (Å²) in [5.74, 6) is -0.145. The number of unbranched alkanes of at least 4 members (excludes halogenated alkanes) is 7. The summed E-state index contributed by atoms with van der Waals surface area (Å²) in [7, 11) is 0. The van der Waals surface area contributed by atoms with Gasteiger partial charge in [0.15, 0.2) is 5.78 Å². The third kappa shape index (κ3) is 6.85. The van der Waals surface area contributed by atoms with Crippen LogP contribution in [0.1, 0.15) is 75.1 Å². The molecule has 0 saturated carbocycles. The van der Waals surface area contributed by atoms with E-state index in [2.05, 4.69) is 6.92 Å². The molecule has 0 radical (unpaired) electrons. The number of Topliss-reactive ketones (excluding diaryl/α,β-unsaturated/α-hetero) is 1. The highest BCUT2D eigenvalue weighted by atomic mass is 16.3. The van der Waals surface area contributed by atoms with E-state index in [1.54, 1.807) is 12.1 Å². The lowest BCUT2D eigenvalue weighted by Crippen LogP contribution is -2.20. The molecule has 1 aromatic rings. The lowest BCUT2D eigenvalue weighted by molar-refractivity contribution is 0.0725. The second-order valence-electron chi connectivity index (χ2n) is 5.51. The molecular formula is C18H28O2. The van der Waals surface area contributed by atoms with Gasteiger partial charge in [0.2, 0.25) is 0 Å². The zero-order chi connectivity index (χ0) is 14.6. The molecule has 0 aliphatic rings. The number of hydrogen-bond acceptors (Lipinski definition) is 2. The summed E-state index contributed by atoms with van der Waals surface area (Å²) in [5.41, 5.74) is 0.611. The molecule has 2 nitrogen and oxygen atoms in total. The van der Waals surface area contributed by atoms with Crippen LogP contribution >= 0.6 is 0 Å². The Labute approximate surface area is 123 Å². The average molecular weight is 276 g/mol. The van der Waals surface area contributed by atoms with Crippen molar-refractivity contribution in [1.82, 2.24) is 0 Å². The van der Waals surface area contributed by atoms with E-state index in [0.29, 0.717) is 12.0 Å². The van der Waals surface area contributed by atoms with Gasteiger partial charge in [0, 0.05) is 5.56 Å². The van der Waals surface area contributed by atoms with Crippen LogP contribution in [-0.2, 0) is 0 Å². The number of aliphatic hydroxyl groups is 1. The van der Waals surface area contributed by atoms with E-state index in [0.717, 1.165) is 12.8 Å². The molecule has 0 heterocycles. The highest BCUT2D eigenvalue weighted by Crippen LogP contribution is 2.13. The minimum absolute atomic E-state index is 0.145. The number of carbonyl (C=O) groups excluding carboxylic acids is 1. The Morgan fingerprint density at radius 3 is 2.10 bits per heavy atom. The van der Waals surface area contributed by atoms with Gasteiger partial charge < -0.3 is 5.11 Å². The molecule has 112 valence electrons. The van der Waals surface area contributed by atoms with Gasteiger partial charge in [0.25, 0.3) is 0 Å². The van der Waals surface area contributed by atoms with Crippen LogP contribution in [0.15, 0.2) is 30.3 Å². The Morgan fingerprint density at radius 1 is 0.950 bits per heavy atom. The highest BCUT2D eigenvalue weighted by Gasteiger charge is 2.15. The Kier molecular flexibility index (Phi) is 8.97. The second kappa shape index (κ2) is 10.6. The van der Waals surface area contributed by atoms with Gasteiger partial charge in [-0.2, -0.15) is 0 Å². The summed E-state index contributed by atoms with van der Waals surface area (Å²) in [5, 5.41) is 9.89. The van der Waals surface area contributed by atoms with Crippen LogP contribution in [0.25, 0.3) is 0 Å². The van der Waals surface area contributed by atoms with Crippen LogP contribution in [0.2, 0.25) is 0 Å². The van der Waals surface area contributed by atoms with Crippen molar-refractivity contribution in [2.24, 2.45) is 0 Å². The Morgan fingerprint density at radius 2 is 1.50 bits per heavy atom. The van der Waals surface area contributed by atoms with Crippen LogP contribution < -0.4 is 0 Å². The number of benzene rings is 1. The summed E-state index contributed by atoms with van der Waals surface area (Å²) in [6.45, 7) is 2.23. The molecule has 0 fully saturated rings. The van der Waals surface area contributed by atoms with Crippen molar-refractivity contribution in [3.05, 3.63) is 35.9 Å². The topological polar surface area (TPSA) is 37.3 Å². The molecule has 0 aliphatic heterocycles. The third-order valence-corrected chi connectivity index (χ3v) is 3.69. The maximum atomic E-state index is 11.9. The van der Waals surface area contributed by atoms with E-state index < -0.39 is 6.10 Å². The molecule has 1 unspecified atom stereocenters. The van der Waals surface area contributed by atoms with Gasteiger partial charge in [-0.1, -0.05) is 88.6 Å². The molecule has 0 amide bonds. The molecule has 0 bridgehead atoms. The van der Waals surface area contributed by atoms with Gasteiger partial charge in [0.1, 0.15) is 6.10 Å². The molecule has 0 aromatic heterocycles. The molecule has 1 atom stereocenters. The largest absolute Gasteiger partial charge is 0.385 e. The van der Waals surface area contributed by atoms with Crippen molar-refractivity contribution in [1.29, 1.82) is 0 Å². The van der Waals surface area contributed by atoms with Gasteiger partial charge in [-0.3, -0.25) is 4.79 Å². The van der Waals surface area contributed by atoms with Gasteiger partial charge in [0.05, 0.1) is 0 Å². The summed E-state index contributed by atoms with van der Waals surface area (Å²) < 4.78 is 0. The van der Waals surface area contributed by atoms with Gasteiger partial charge in [-0.05, 0) is 6.42 Å². The second-order valence-corrected chi connectivity index (χ2v) is 5.51. The van der Waals surface area contributed by atoms with Crippen molar-refractivity contribution in [2.45, 2.75) is 70.8 Å². The zero-order valence-electron chi connectivity index (χ0n) is 12.7. The van der Waals surface area contributed by atoms with Crippen LogP contribution in [-0.4, -0.2) is 17.0 Å². The lowest BCUT2D eigenvalue weighted by Gasteiger charge is -2.09. The van der Waals surface area contributed by atoms with Crippen LogP contribution in [0.3, 0.4) is 0 Å². The SMILES string of the molecule is CCCCCCCCCCC(O)C(=O)c1ccccc1. The summed E-state index contributed by atoms with van der Waals surface area (Å²) in [6.07, 6.45) is 9.58. The Bertz CT molecular complexity index is 359. The lowest BCUT2D eigenvalue weighted by atomic mass is 10.0. The Hall–Kier alpha value is -1.15. The number of hydrogen-bond donors (Lipinski definition) is 1. The van der Waals surface area contributed by atoms with E-state index in [1.165, 1.54) is 38.5 Å². The molecule has 1 aromatic carbocycles. The molecule has 20 heavy (non-hydrogen) atoms. The first kappa shape index (κ1) is 16.9. The molecule has 1 N–H and O–H groups in total. The molecule has 0 aliphatic carbocycles. The quantitative estimate of drug-likeness (QED) is 0.467. The first-order valence-corrected chi connectivity index (χ1v) is 8.03. The Balaban J connectivity index is 2.08. The maximum absolute atomic E-state index is 11.9. The number of aliphatic hydroxyl groups excluding tert-OH is 1. The first-order chi connectivity index (χ1) is 9.75. The summed E-state index contributed by atoms with van der Waals surface area (Å²) in [4.78, 5) is 11.9. The van der Waals surface area contributed by atoms with Gasteiger partial charge in [-0.25, -0.2) is 0 Å². The van der Waals surface area contributed by atoms with Crippen molar-refractivity contribution >= 4 is 5.78 Å². The third-order valence-electron chi connectivity index (χ3n) is 3.69. The van der Waals surface area contributed by atoms with Crippen molar-refractivity contribution in [3.8, 4) is 0 Å². The van der Waals surface area contributed by atoms with Crippen LogP contribution in [0.5, 0.6) is 0 Å². The molecule has 1 rings (SSSR count). The highest BCUT2D eigenvalue weighted by molar-refractivity contribution is 5.99. The van der Waals surface area contributed by atoms with Crippen LogP contribution in [0, 0.1) is 0 Å². The fourth-order valence-corrected chi connectivity index (χ4v) is 2.40. The monoisotopic (exact) mass is 276 g/mol. The number of carbonyl (C=O) groups is 1. The van der Waals surface area contributed by atoms with E-state index in [9.17, 15) is 9.90 Å². The standard InChI is InChI=1S/C18H28O2/c1-2-3-4-5-6-7-8-12-15-17(19)18(20)16-13-10-9-11-14-16/h9-11,13-14,17,19H,2-8,12,15H2,1H3. The van der Waals surface area contributed by atoms with Crippen LogP contribution in [0.4, 0.5) is 0 Å². The van der Waals surface area contributed by atoms with Gasteiger partial charge >= 0.3 is 0 Å². The van der Waals surface area contributed by atoms with E-state index >= 15 is 0 Å². The smallest absolute Gasteiger partial charge is 0.191 e. The number of rotatable bonds is 11. The minimum Gasteiger partial charge on any atom is -0.385 e. The molecule has 2 heteroatoms.